The summed E-state index contributed by atoms with van der Waals surface area (Å²) in [7, 11) is 1.73. The Morgan fingerprint density at radius 3 is 2.27 bits per heavy atom. The lowest BCUT2D eigenvalue weighted by Crippen LogP contribution is -2.21. The normalized spacial score (nSPS) is 11.1. The third kappa shape index (κ3) is 1.20. The molecular formula is C10H14N4O. The number of imidazole rings is 1. The van der Waals surface area contributed by atoms with Crippen molar-refractivity contribution < 1.29 is 0 Å². The van der Waals surface area contributed by atoms with Crippen LogP contribution in [0.15, 0.2) is 16.9 Å². The molecule has 0 saturated heterocycles. The number of aromatic nitrogens is 2. The Morgan fingerprint density at radius 1 is 1.20 bits per heavy atom. The summed E-state index contributed by atoms with van der Waals surface area (Å²) in [6, 6.07) is 3.48. The first-order valence-electron chi connectivity index (χ1n) is 4.80. The van der Waals surface area contributed by atoms with Gasteiger partial charge in [-0.1, -0.05) is 0 Å². The largest absolute Gasteiger partial charge is 0.397 e. The van der Waals surface area contributed by atoms with Crippen LogP contribution in [0.5, 0.6) is 0 Å². The molecule has 5 nitrogen and oxygen atoms in total. The van der Waals surface area contributed by atoms with E-state index in [1.807, 2.05) is 6.92 Å². The lowest BCUT2D eigenvalue weighted by Gasteiger charge is -2.02. The van der Waals surface area contributed by atoms with Crippen molar-refractivity contribution in [2.45, 2.75) is 13.5 Å². The molecule has 0 aliphatic heterocycles. The molecule has 0 saturated carbocycles. The quantitative estimate of drug-likeness (QED) is 0.668. The molecule has 80 valence electrons. The van der Waals surface area contributed by atoms with Crippen LogP contribution in [-0.2, 0) is 13.6 Å². The van der Waals surface area contributed by atoms with Gasteiger partial charge in [0.15, 0.2) is 0 Å². The standard InChI is InChI=1S/C10H14N4O/c1-3-14-9-5-7(12)6(11)4-8(9)13(2)10(14)15/h4-5H,3,11-12H2,1-2H3. The molecule has 5 heteroatoms. The molecule has 0 aliphatic carbocycles. The summed E-state index contributed by atoms with van der Waals surface area (Å²) in [6.07, 6.45) is 0. The van der Waals surface area contributed by atoms with Crippen LogP contribution in [0.2, 0.25) is 0 Å². The molecule has 0 atom stereocenters. The molecule has 0 unspecified atom stereocenters. The van der Waals surface area contributed by atoms with Gasteiger partial charge in [0.1, 0.15) is 0 Å². The number of fused-ring (bicyclic) bond motifs is 1. The Balaban J connectivity index is 2.98. The topological polar surface area (TPSA) is 79.0 Å². The van der Waals surface area contributed by atoms with Gasteiger partial charge in [0, 0.05) is 13.6 Å². The maximum absolute atomic E-state index is 11.8. The third-order valence-electron chi connectivity index (χ3n) is 2.67. The van der Waals surface area contributed by atoms with Gasteiger partial charge in [-0.2, -0.15) is 0 Å². The molecule has 1 heterocycles. The molecule has 1 aromatic heterocycles. The molecule has 15 heavy (non-hydrogen) atoms. The van der Waals surface area contributed by atoms with Crippen LogP contribution >= 0.6 is 0 Å². The number of nitrogens with zero attached hydrogens (tertiary/aromatic N) is 2. The van der Waals surface area contributed by atoms with Crippen LogP contribution in [0.3, 0.4) is 0 Å². The highest BCUT2D eigenvalue weighted by Gasteiger charge is 2.10. The average Bonchev–Trinajstić information content (AvgIpc) is 2.42. The van der Waals surface area contributed by atoms with Gasteiger partial charge in [-0.3, -0.25) is 9.13 Å². The predicted octanol–water partition coefficient (Wildman–Crippen LogP) is 0.524. The monoisotopic (exact) mass is 206 g/mol. The zero-order valence-corrected chi connectivity index (χ0v) is 8.82. The van der Waals surface area contributed by atoms with Crippen molar-refractivity contribution in [1.82, 2.24) is 9.13 Å². The number of rotatable bonds is 1. The van der Waals surface area contributed by atoms with Gasteiger partial charge in [0.05, 0.1) is 22.4 Å². The Labute approximate surface area is 86.9 Å². The average molecular weight is 206 g/mol. The van der Waals surface area contributed by atoms with Crippen molar-refractivity contribution in [1.29, 1.82) is 0 Å². The number of aryl methyl sites for hydroxylation is 2. The SMILES string of the molecule is CCn1c(=O)n(C)c2cc(N)c(N)cc21. The van der Waals surface area contributed by atoms with Gasteiger partial charge >= 0.3 is 5.69 Å². The van der Waals surface area contributed by atoms with Crippen molar-refractivity contribution in [2.24, 2.45) is 7.05 Å². The van der Waals surface area contributed by atoms with E-state index in [4.69, 9.17) is 11.5 Å². The Bertz CT molecular complexity index is 579. The highest BCUT2D eigenvalue weighted by Crippen LogP contribution is 2.22. The second kappa shape index (κ2) is 3.05. The maximum atomic E-state index is 11.8. The van der Waals surface area contributed by atoms with Crippen molar-refractivity contribution in [3.63, 3.8) is 0 Å². The third-order valence-corrected chi connectivity index (χ3v) is 2.67. The minimum absolute atomic E-state index is 0.0440. The van der Waals surface area contributed by atoms with Crippen LogP contribution in [0.4, 0.5) is 11.4 Å². The Morgan fingerprint density at radius 2 is 1.73 bits per heavy atom. The van der Waals surface area contributed by atoms with Gasteiger partial charge in [-0.15, -0.1) is 0 Å². The molecule has 0 fully saturated rings. The van der Waals surface area contributed by atoms with E-state index < -0.39 is 0 Å². The first kappa shape index (κ1) is 9.64. The second-order valence-electron chi connectivity index (χ2n) is 3.56. The lowest BCUT2D eigenvalue weighted by molar-refractivity contribution is 0.712. The van der Waals surface area contributed by atoms with Gasteiger partial charge < -0.3 is 11.5 Å². The number of anilines is 2. The first-order chi connectivity index (χ1) is 7.06. The zero-order valence-electron chi connectivity index (χ0n) is 8.82. The van der Waals surface area contributed by atoms with Crippen molar-refractivity contribution in [2.75, 3.05) is 11.5 Å². The zero-order chi connectivity index (χ0) is 11.2. The molecule has 4 N–H and O–H groups in total. The number of nitrogens with two attached hydrogens (primary N) is 2. The number of hydrogen-bond acceptors (Lipinski definition) is 3. The van der Waals surface area contributed by atoms with E-state index in [1.165, 1.54) is 0 Å². The minimum atomic E-state index is -0.0440. The van der Waals surface area contributed by atoms with Crippen molar-refractivity contribution in [3.8, 4) is 0 Å². The van der Waals surface area contributed by atoms with E-state index in [1.54, 1.807) is 28.3 Å². The smallest absolute Gasteiger partial charge is 0.328 e. The molecule has 2 aromatic rings. The fourth-order valence-corrected chi connectivity index (χ4v) is 1.79. The molecule has 0 bridgehead atoms. The van der Waals surface area contributed by atoms with Crippen LogP contribution in [0.25, 0.3) is 11.0 Å². The van der Waals surface area contributed by atoms with Gasteiger partial charge in [0.2, 0.25) is 0 Å². The van der Waals surface area contributed by atoms with Crippen molar-refractivity contribution >= 4 is 22.4 Å². The van der Waals surface area contributed by atoms with Crippen LogP contribution in [-0.4, -0.2) is 9.13 Å². The van der Waals surface area contributed by atoms with E-state index in [0.717, 1.165) is 11.0 Å². The van der Waals surface area contributed by atoms with Crippen LogP contribution in [0.1, 0.15) is 6.92 Å². The van der Waals surface area contributed by atoms with E-state index in [-0.39, 0.29) is 5.69 Å². The fraction of sp³-hybridized carbons (Fsp3) is 0.300. The Kier molecular flexibility index (Phi) is 1.96. The maximum Gasteiger partial charge on any atom is 0.328 e. The summed E-state index contributed by atoms with van der Waals surface area (Å²) < 4.78 is 3.25. The molecule has 0 radical (unpaired) electrons. The summed E-state index contributed by atoms with van der Waals surface area (Å²) in [4.78, 5) is 11.8. The molecule has 0 aliphatic rings. The van der Waals surface area contributed by atoms with Crippen molar-refractivity contribution in [3.05, 3.63) is 22.6 Å². The van der Waals surface area contributed by atoms with E-state index >= 15 is 0 Å². The van der Waals surface area contributed by atoms with Gasteiger partial charge in [0.25, 0.3) is 0 Å². The number of hydrogen-bond donors (Lipinski definition) is 2. The first-order valence-corrected chi connectivity index (χ1v) is 4.80. The molecule has 1 aromatic carbocycles. The van der Waals surface area contributed by atoms with Crippen LogP contribution in [0, 0.1) is 0 Å². The summed E-state index contributed by atoms with van der Waals surface area (Å²) in [5.74, 6) is 0. The summed E-state index contributed by atoms with van der Waals surface area (Å²) in [5.41, 5.74) is 14.0. The van der Waals surface area contributed by atoms with E-state index in [0.29, 0.717) is 17.9 Å². The van der Waals surface area contributed by atoms with Gasteiger partial charge in [-0.25, -0.2) is 4.79 Å². The lowest BCUT2D eigenvalue weighted by atomic mass is 10.2. The summed E-state index contributed by atoms with van der Waals surface area (Å²) in [5, 5.41) is 0. The van der Waals surface area contributed by atoms with Gasteiger partial charge in [-0.05, 0) is 19.1 Å². The highest BCUT2D eigenvalue weighted by molar-refractivity contribution is 5.86. The molecule has 2 rings (SSSR count). The highest BCUT2D eigenvalue weighted by atomic mass is 16.1. The van der Waals surface area contributed by atoms with E-state index in [2.05, 4.69) is 0 Å². The molecule has 0 spiro atoms. The Hall–Kier alpha value is -1.91. The minimum Gasteiger partial charge on any atom is -0.397 e. The molecule has 0 amide bonds. The summed E-state index contributed by atoms with van der Waals surface area (Å²) in [6.45, 7) is 2.55. The number of nitrogen functional groups attached to an aromatic ring is 2. The predicted molar refractivity (Wildman–Crippen MR) is 61.7 cm³/mol. The number of benzene rings is 1. The second-order valence-corrected chi connectivity index (χ2v) is 3.56. The fourth-order valence-electron chi connectivity index (χ4n) is 1.79. The van der Waals surface area contributed by atoms with E-state index in [9.17, 15) is 4.79 Å². The summed E-state index contributed by atoms with van der Waals surface area (Å²) >= 11 is 0. The van der Waals surface area contributed by atoms with Crippen LogP contribution < -0.4 is 17.2 Å². The molecular weight excluding hydrogens is 192 g/mol.